The van der Waals surface area contributed by atoms with Crippen LogP contribution in [0.4, 0.5) is 0 Å². The summed E-state index contributed by atoms with van der Waals surface area (Å²) < 4.78 is 26.6. The second-order valence-corrected chi connectivity index (χ2v) is 12.3. The molecule has 1 amide bonds. The quantitative estimate of drug-likeness (QED) is 0.142. The molecular formula is C26H54N2O5S. The van der Waals surface area contributed by atoms with Crippen LogP contribution in [0.5, 0.6) is 0 Å². The predicted octanol–water partition coefficient (Wildman–Crippen LogP) is 4.66. The molecule has 0 fully saturated rings. The Labute approximate surface area is 209 Å². The maximum atomic E-state index is 12.0. The van der Waals surface area contributed by atoms with Gasteiger partial charge in [0.05, 0.1) is 12.4 Å². The van der Waals surface area contributed by atoms with Gasteiger partial charge in [0, 0.05) is 18.5 Å². The Morgan fingerprint density at radius 1 is 0.765 bits per heavy atom. The number of rotatable bonds is 24. The highest BCUT2D eigenvalue weighted by molar-refractivity contribution is 7.89. The first-order valence-corrected chi connectivity index (χ1v) is 15.4. The Balaban J connectivity index is 3.54. The average molecular weight is 507 g/mol. The van der Waals surface area contributed by atoms with E-state index in [1.165, 1.54) is 83.5 Å². The Hall–Kier alpha value is -0.700. The van der Waals surface area contributed by atoms with Crippen molar-refractivity contribution in [2.45, 2.75) is 130 Å². The van der Waals surface area contributed by atoms with E-state index in [1.54, 1.807) is 13.8 Å². The molecule has 1 atom stereocenters. The molecule has 0 aromatic carbocycles. The molecule has 0 rings (SSSR count). The largest absolute Gasteiger partial charge is 0.396 e. The number of carbonyl (C=O) groups excluding carboxylic acids is 1. The van der Waals surface area contributed by atoms with Crippen LogP contribution in [0.2, 0.25) is 0 Å². The zero-order chi connectivity index (χ0) is 25.7. The summed E-state index contributed by atoms with van der Waals surface area (Å²) in [6, 6.07) is 0. The minimum atomic E-state index is -3.46. The average Bonchev–Trinajstić information content (AvgIpc) is 2.80. The number of aliphatic hydroxyl groups excluding tert-OH is 2. The first kappa shape index (κ1) is 33.3. The van der Waals surface area contributed by atoms with Gasteiger partial charge in [-0.2, -0.15) is 0 Å². The van der Waals surface area contributed by atoms with E-state index in [0.29, 0.717) is 6.54 Å². The van der Waals surface area contributed by atoms with Crippen LogP contribution in [-0.4, -0.2) is 56.1 Å². The lowest BCUT2D eigenvalue weighted by Crippen LogP contribution is -2.47. The molecule has 7 nitrogen and oxygen atoms in total. The third-order valence-corrected chi connectivity index (χ3v) is 7.80. The molecule has 0 aliphatic heterocycles. The van der Waals surface area contributed by atoms with Crippen molar-refractivity contribution in [1.29, 1.82) is 0 Å². The first-order valence-electron chi connectivity index (χ1n) is 13.7. The molecule has 8 heteroatoms. The van der Waals surface area contributed by atoms with Crippen LogP contribution in [-0.2, 0) is 14.8 Å². The van der Waals surface area contributed by atoms with E-state index in [4.69, 9.17) is 0 Å². The number of unbranched alkanes of at least 4 members (excludes halogenated alkanes) is 15. The van der Waals surface area contributed by atoms with Crippen LogP contribution in [0.15, 0.2) is 0 Å². The smallest absolute Gasteiger partial charge is 0.249 e. The molecule has 0 spiro atoms. The fourth-order valence-electron chi connectivity index (χ4n) is 3.82. The summed E-state index contributed by atoms with van der Waals surface area (Å²) in [6.45, 7) is 5.37. The van der Waals surface area contributed by atoms with E-state index in [-0.39, 0.29) is 18.9 Å². The molecule has 0 saturated carbocycles. The molecule has 204 valence electrons. The second-order valence-electron chi connectivity index (χ2n) is 10.4. The highest BCUT2D eigenvalue weighted by Crippen LogP contribution is 2.19. The maximum Gasteiger partial charge on any atom is 0.249 e. The first-order chi connectivity index (χ1) is 16.2. The number of carbonyl (C=O) groups is 1. The molecule has 0 bridgehead atoms. The van der Waals surface area contributed by atoms with E-state index in [0.717, 1.165) is 19.3 Å². The molecule has 0 radical (unpaired) electrons. The van der Waals surface area contributed by atoms with Gasteiger partial charge in [0.25, 0.3) is 0 Å². The topological polar surface area (TPSA) is 116 Å². The zero-order valence-electron chi connectivity index (χ0n) is 22.2. The molecule has 34 heavy (non-hydrogen) atoms. The van der Waals surface area contributed by atoms with Gasteiger partial charge in [-0.25, -0.2) is 13.1 Å². The molecular weight excluding hydrogens is 452 g/mol. The Bertz CT molecular complexity index is 596. The zero-order valence-corrected chi connectivity index (χ0v) is 23.1. The lowest BCUT2D eigenvalue weighted by Gasteiger charge is -2.27. The highest BCUT2D eigenvalue weighted by Gasteiger charge is 2.32. The molecule has 0 heterocycles. The SMILES string of the molecule is CCCCCCCCCCCCCCCCCCNS(=O)(=O)CCNC(=O)[C@H](O)C(C)(C)CO. The standard InChI is InChI=1S/C26H54N2O5S/c1-4-5-6-7-8-9-10-11-12-13-14-15-16-17-18-19-20-28-34(32,33)22-21-27-25(31)24(30)26(2,3)23-29/h24,28-30H,4-23H2,1-3H3,(H,27,31)/t24-/m0/s1. The maximum absolute atomic E-state index is 12.0. The van der Waals surface area contributed by atoms with Gasteiger partial charge in [-0.1, -0.05) is 117 Å². The normalized spacial score (nSPS) is 13.2. The van der Waals surface area contributed by atoms with Crippen LogP contribution in [0.3, 0.4) is 0 Å². The van der Waals surface area contributed by atoms with Gasteiger partial charge in [0.1, 0.15) is 6.10 Å². The van der Waals surface area contributed by atoms with Crippen molar-refractivity contribution < 1.29 is 23.4 Å². The number of sulfonamides is 1. The Morgan fingerprint density at radius 2 is 1.18 bits per heavy atom. The van der Waals surface area contributed by atoms with Crippen molar-refractivity contribution >= 4 is 15.9 Å². The van der Waals surface area contributed by atoms with E-state index >= 15 is 0 Å². The third-order valence-electron chi connectivity index (χ3n) is 6.42. The molecule has 0 aliphatic rings. The van der Waals surface area contributed by atoms with Crippen LogP contribution >= 0.6 is 0 Å². The monoisotopic (exact) mass is 506 g/mol. The summed E-state index contributed by atoms with van der Waals surface area (Å²) in [5.74, 6) is -0.906. The lowest BCUT2D eigenvalue weighted by molar-refractivity contribution is -0.136. The Kier molecular flexibility index (Phi) is 20.1. The van der Waals surface area contributed by atoms with Crippen molar-refractivity contribution in [2.75, 3.05) is 25.4 Å². The number of hydrogen-bond acceptors (Lipinski definition) is 5. The van der Waals surface area contributed by atoms with Gasteiger partial charge < -0.3 is 15.5 Å². The van der Waals surface area contributed by atoms with Gasteiger partial charge in [0.15, 0.2) is 0 Å². The minimum absolute atomic E-state index is 0.0777. The number of aliphatic hydroxyl groups is 2. The summed E-state index contributed by atoms with van der Waals surface area (Å²) in [6.07, 6.45) is 19.1. The predicted molar refractivity (Wildman–Crippen MR) is 141 cm³/mol. The highest BCUT2D eigenvalue weighted by atomic mass is 32.2. The van der Waals surface area contributed by atoms with Crippen LogP contribution in [0.1, 0.15) is 124 Å². The lowest BCUT2D eigenvalue weighted by atomic mass is 9.87. The van der Waals surface area contributed by atoms with Crippen LogP contribution in [0, 0.1) is 5.41 Å². The molecule has 4 N–H and O–H groups in total. The molecule has 0 aromatic rings. The third kappa shape index (κ3) is 18.6. The van der Waals surface area contributed by atoms with Gasteiger partial charge >= 0.3 is 0 Å². The van der Waals surface area contributed by atoms with Crippen molar-refractivity contribution in [1.82, 2.24) is 10.0 Å². The van der Waals surface area contributed by atoms with Gasteiger partial charge in [-0.3, -0.25) is 4.79 Å². The van der Waals surface area contributed by atoms with E-state index in [1.807, 2.05) is 0 Å². The minimum Gasteiger partial charge on any atom is -0.396 e. The summed E-state index contributed by atoms with van der Waals surface area (Å²) in [7, 11) is -3.46. The molecule has 0 aliphatic carbocycles. The van der Waals surface area contributed by atoms with E-state index in [2.05, 4.69) is 17.0 Å². The fourth-order valence-corrected chi connectivity index (χ4v) is 4.79. The summed E-state index contributed by atoms with van der Waals surface area (Å²) in [4.78, 5) is 11.9. The van der Waals surface area contributed by atoms with Crippen molar-refractivity contribution in [3.8, 4) is 0 Å². The second kappa shape index (κ2) is 20.5. The summed E-state index contributed by atoms with van der Waals surface area (Å²) >= 11 is 0. The fraction of sp³-hybridized carbons (Fsp3) is 0.962. The van der Waals surface area contributed by atoms with Gasteiger partial charge in [-0.05, 0) is 6.42 Å². The Morgan fingerprint density at radius 3 is 1.59 bits per heavy atom. The van der Waals surface area contributed by atoms with Crippen LogP contribution < -0.4 is 10.0 Å². The van der Waals surface area contributed by atoms with Gasteiger partial charge in [0.2, 0.25) is 15.9 Å². The summed E-state index contributed by atoms with van der Waals surface area (Å²) in [5.41, 5.74) is -0.978. The number of hydrogen-bond donors (Lipinski definition) is 4. The van der Waals surface area contributed by atoms with E-state index in [9.17, 15) is 23.4 Å². The summed E-state index contributed by atoms with van der Waals surface area (Å²) in [5, 5.41) is 21.5. The number of amides is 1. The van der Waals surface area contributed by atoms with Crippen LogP contribution in [0.25, 0.3) is 0 Å². The van der Waals surface area contributed by atoms with Gasteiger partial charge in [-0.15, -0.1) is 0 Å². The molecule has 0 saturated heterocycles. The van der Waals surface area contributed by atoms with Crippen molar-refractivity contribution in [3.63, 3.8) is 0 Å². The molecule has 0 unspecified atom stereocenters. The van der Waals surface area contributed by atoms with E-state index < -0.39 is 27.4 Å². The number of nitrogens with one attached hydrogen (secondary N) is 2. The van der Waals surface area contributed by atoms with Crippen molar-refractivity contribution in [2.24, 2.45) is 5.41 Å². The molecule has 0 aromatic heterocycles. The van der Waals surface area contributed by atoms with Crippen molar-refractivity contribution in [3.05, 3.63) is 0 Å².